The third-order valence-corrected chi connectivity index (χ3v) is 6.35. The minimum absolute atomic E-state index is 0.407. The van der Waals surface area contributed by atoms with Crippen LogP contribution in [0, 0.1) is 0 Å². The molecular weight excluding hydrogens is 395 g/mol. The number of hydrogen-bond acceptors (Lipinski definition) is 2. The Kier molecular flexibility index (Phi) is 6.65. The Morgan fingerprint density at radius 1 is 1.10 bits per heavy atom. The molecule has 2 heterocycles. The van der Waals surface area contributed by atoms with Crippen LogP contribution < -0.4 is 10.6 Å². The van der Waals surface area contributed by atoms with Gasteiger partial charge in [0.25, 0.3) is 0 Å². The molecule has 1 unspecified atom stereocenters. The van der Waals surface area contributed by atoms with Crippen molar-refractivity contribution in [1.29, 1.82) is 0 Å². The first kappa shape index (κ1) is 20.8. The molecule has 1 aliphatic rings. The van der Waals surface area contributed by atoms with E-state index >= 15 is 0 Å². The van der Waals surface area contributed by atoms with Gasteiger partial charge in [0.05, 0.1) is 0 Å². The molecule has 0 spiro atoms. The average molecular weight is 425 g/mol. The van der Waals surface area contributed by atoms with Crippen LogP contribution in [0.25, 0.3) is 10.9 Å². The second-order valence-electron chi connectivity index (χ2n) is 7.94. The zero-order valence-corrected chi connectivity index (χ0v) is 18.2. The van der Waals surface area contributed by atoms with Gasteiger partial charge in [-0.1, -0.05) is 42.5 Å². The maximum atomic E-state index is 14.8. The monoisotopic (exact) mass is 424 g/mol. The van der Waals surface area contributed by atoms with E-state index in [1.54, 1.807) is 0 Å². The van der Waals surface area contributed by atoms with Crippen LogP contribution in [0.5, 0.6) is 0 Å². The Morgan fingerprint density at radius 3 is 2.60 bits per heavy atom. The number of piperidine rings is 1. The highest BCUT2D eigenvalue weighted by atomic mass is 32.1. The Bertz CT molecular complexity index is 979. The van der Waals surface area contributed by atoms with Gasteiger partial charge in [0.2, 0.25) is 0 Å². The number of benzene rings is 2. The van der Waals surface area contributed by atoms with E-state index in [0.717, 1.165) is 31.5 Å². The molecule has 0 amide bonds. The van der Waals surface area contributed by atoms with E-state index in [1.807, 2.05) is 42.3 Å². The normalized spacial score (nSPS) is 16.5. The molecule has 1 aliphatic heterocycles. The summed E-state index contributed by atoms with van der Waals surface area (Å²) in [5, 5.41) is 8.03. The molecule has 4 nitrogen and oxygen atoms in total. The van der Waals surface area contributed by atoms with E-state index in [0.29, 0.717) is 24.1 Å². The second kappa shape index (κ2) is 9.58. The first-order chi connectivity index (χ1) is 14.6. The van der Waals surface area contributed by atoms with E-state index in [4.69, 9.17) is 12.2 Å². The largest absolute Gasteiger partial charge is 0.366 e. The predicted octanol–water partition coefficient (Wildman–Crippen LogP) is 4.41. The number of halogens is 1. The van der Waals surface area contributed by atoms with Crippen molar-refractivity contribution in [2.75, 3.05) is 20.1 Å². The van der Waals surface area contributed by atoms with E-state index in [9.17, 15) is 4.39 Å². The van der Waals surface area contributed by atoms with Crippen molar-refractivity contribution in [2.45, 2.75) is 38.1 Å². The molecule has 0 radical (unpaired) electrons. The van der Waals surface area contributed by atoms with Gasteiger partial charge in [-0.2, -0.15) is 0 Å². The van der Waals surface area contributed by atoms with E-state index in [2.05, 4.69) is 45.7 Å². The van der Waals surface area contributed by atoms with Gasteiger partial charge in [-0.15, -0.1) is 0 Å². The van der Waals surface area contributed by atoms with Gasteiger partial charge in [-0.25, -0.2) is 4.39 Å². The molecule has 1 atom stereocenters. The van der Waals surface area contributed by atoms with Crippen LogP contribution in [-0.2, 0) is 13.0 Å². The molecule has 2 aromatic carbocycles. The summed E-state index contributed by atoms with van der Waals surface area (Å²) in [6.07, 6.45) is 3.65. The average Bonchev–Trinajstić information content (AvgIpc) is 3.21. The highest BCUT2D eigenvalue weighted by Gasteiger charge is 2.26. The van der Waals surface area contributed by atoms with E-state index < -0.39 is 6.30 Å². The van der Waals surface area contributed by atoms with Crippen molar-refractivity contribution < 1.29 is 4.39 Å². The number of thiocarbonyl (C=S) groups is 1. The summed E-state index contributed by atoms with van der Waals surface area (Å²) in [4.78, 5) is 1.99. The lowest BCUT2D eigenvalue weighted by atomic mass is 10.0. The van der Waals surface area contributed by atoms with Gasteiger partial charge in [0.15, 0.2) is 11.4 Å². The smallest absolute Gasteiger partial charge is 0.166 e. The fourth-order valence-corrected chi connectivity index (χ4v) is 4.35. The number of hydrogen-bond donors (Lipinski definition) is 2. The Morgan fingerprint density at radius 2 is 1.87 bits per heavy atom. The van der Waals surface area contributed by atoms with Gasteiger partial charge >= 0.3 is 0 Å². The van der Waals surface area contributed by atoms with Crippen molar-refractivity contribution in [3.63, 3.8) is 0 Å². The SMILES string of the molecule is CNC(=S)NCc1ccc2ccn(C3CCN(C(F)Cc4ccccc4)CC3)c2c1. The molecule has 1 aromatic heterocycles. The fourth-order valence-electron chi connectivity index (χ4n) is 4.28. The van der Waals surface area contributed by atoms with Crippen LogP contribution in [-0.4, -0.2) is 41.0 Å². The zero-order valence-electron chi connectivity index (χ0n) is 17.4. The van der Waals surface area contributed by atoms with Crippen LogP contribution >= 0.6 is 12.2 Å². The van der Waals surface area contributed by atoms with Gasteiger partial charge in [-0.05, 0) is 53.7 Å². The first-order valence-electron chi connectivity index (χ1n) is 10.6. The van der Waals surface area contributed by atoms with Crippen LogP contribution in [0.2, 0.25) is 0 Å². The highest BCUT2D eigenvalue weighted by molar-refractivity contribution is 7.80. The molecular formula is C24H29FN4S. The minimum atomic E-state index is -0.913. The van der Waals surface area contributed by atoms with Crippen LogP contribution in [0.4, 0.5) is 4.39 Å². The number of alkyl halides is 1. The quantitative estimate of drug-likeness (QED) is 0.454. The van der Waals surface area contributed by atoms with Crippen molar-refractivity contribution in [1.82, 2.24) is 20.1 Å². The predicted molar refractivity (Wildman–Crippen MR) is 125 cm³/mol. The number of likely N-dealkylation sites (tertiary alicyclic amines) is 1. The molecule has 6 heteroatoms. The second-order valence-corrected chi connectivity index (χ2v) is 8.35. The van der Waals surface area contributed by atoms with Crippen molar-refractivity contribution in [3.05, 3.63) is 71.9 Å². The summed E-state index contributed by atoms with van der Waals surface area (Å²) in [6, 6.07) is 19.0. The zero-order chi connectivity index (χ0) is 20.9. The number of aromatic nitrogens is 1. The fraction of sp³-hybridized carbons (Fsp3) is 0.375. The maximum Gasteiger partial charge on any atom is 0.166 e. The Balaban J connectivity index is 1.39. The number of nitrogens with one attached hydrogen (secondary N) is 2. The number of rotatable bonds is 6. The third-order valence-electron chi connectivity index (χ3n) is 6.00. The molecule has 158 valence electrons. The first-order valence-corrected chi connectivity index (χ1v) is 11.0. The van der Waals surface area contributed by atoms with E-state index in [1.165, 1.54) is 16.5 Å². The lowest BCUT2D eigenvalue weighted by Gasteiger charge is -2.35. The summed E-state index contributed by atoms with van der Waals surface area (Å²) in [6.45, 7) is 2.27. The standard InChI is InChI=1S/C24H29FN4S/c1-26-24(30)27-17-19-7-8-20-9-14-29(22(20)15-19)21-10-12-28(13-11-21)23(25)16-18-5-3-2-4-6-18/h2-9,14-15,21,23H,10-13,16-17H2,1H3,(H2,26,27,30). The van der Waals surface area contributed by atoms with Gasteiger partial charge in [-0.3, -0.25) is 4.90 Å². The van der Waals surface area contributed by atoms with Crippen LogP contribution in [0.1, 0.15) is 30.0 Å². The molecule has 3 aromatic rings. The van der Waals surface area contributed by atoms with Gasteiger partial charge in [0, 0.05) is 50.9 Å². The summed E-state index contributed by atoms with van der Waals surface area (Å²) >= 11 is 5.17. The third kappa shape index (κ3) is 4.82. The Hall–Kier alpha value is -2.44. The molecule has 1 saturated heterocycles. The number of fused-ring (bicyclic) bond motifs is 1. The van der Waals surface area contributed by atoms with Crippen LogP contribution in [0.3, 0.4) is 0 Å². The van der Waals surface area contributed by atoms with Gasteiger partial charge < -0.3 is 15.2 Å². The molecule has 0 aliphatic carbocycles. The molecule has 4 rings (SSSR count). The summed E-state index contributed by atoms with van der Waals surface area (Å²) in [5.74, 6) is 0. The summed E-state index contributed by atoms with van der Waals surface area (Å²) < 4.78 is 17.2. The van der Waals surface area contributed by atoms with Crippen LogP contribution in [0.15, 0.2) is 60.8 Å². The number of nitrogens with zero attached hydrogens (tertiary/aromatic N) is 2. The highest BCUT2D eigenvalue weighted by Crippen LogP contribution is 2.29. The van der Waals surface area contributed by atoms with Gasteiger partial charge in [0.1, 0.15) is 0 Å². The Labute approximate surface area is 183 Å². The lowest BCUT2D eigenvalue weighted by Crippen LogP contribution is -2.40. The maximum absolute atomic E-state index is 14.8. The molecule has 0 bridgehead atoms. The van der Waals surface area contributed by atoms with Crippen molar-refractivity contribution in [2.24, 2.45) is 0 Å². The molecule has 2 N–H and O–H groups in total. The molecule has 1 fully saturated rings. The summed E-state index contributed by atoms with van der Waals surface area (Å²) in [5.41, 5.74) is 3.50. The topological polar surface area (TPSA) is 32.2 Å². The summed E-state index contributed by atoms with van der Waals surface area (Å²) in [7, 11) is 1.82. The van der Waals surface area contributed by atoms with E-state index in [-0.39, 0.29) is 0 Å². The van der Waals surface area contributed by atoms with Crippen molar-refractivity contribution in [3.8, 4) is 0 Å². The molecule has 30 heavy (non-hydrogen) atoms. The molecule has 0 saturated carbocycles. The van der Waals surface area contributed by atoms with Crippen molar-refractivity contribution >= 4 is 28.2 Å². The lowest BCUT2D eigenvalue weighted by molar-refractivity contribution is 0.0511. The minimum Gasteiger partial charge on any atom is -0.366 e.